The highest BCUT2D eigenvalue weighted by Crippen LogP contribution is 2.36. The van der Waals surface area contributed by atoms with E-state index >= 15 is 0 Å². The number of fused-ring (bicyclic) bond motifs is 2. The van der Waals surface area contributed by atoms with Crippen LogP contribution in [0.1, 0.15) is 31.2 Å². The van der Waals surface area contributed by atoms with Crippen LogP contribution < -0.4 is 24.8 Å². The van der Waals surface area contributed by atoms with Crippen LogP contribution in [0.25, 0.3) is 11.0 Å². The Balaban J connectivity index is 1.21. The van der Waals surface area contributed by atoms with Crippen LogP contribution in [0.4, 0.5) is 10.5 Å². The molecule has 0 aliphatic carbocycles. The number of primary amides is 1. The first kappa shape index (κ1) is 24.6. The quantitative estimate of drug-likeness (QED) is 0.442. The van der Waals surface area contributed by atoms with Crippen LogP contribution >= 0.6 is 0 Å². The van der Waals surface area contributed by atoms with E-state index in [2.05, 4.69) is 9.97 Å². The molecule has 2 aliphatic rings. The van der Waals surface area contributed by atoms with Crippen molar-refractivity contribution in [1.29, 1.82) is 0 Å². The number of hydrogen-bond donors (Lipinski definition) is 1. The summed E-state index contributed by atoms with van der Waals surface area (Å²) in [6, 6.07) is 11.0. The number of cyclic esters (lactones) is 1. The van der Waals surface area contributed by atoms with E-state index in [1.165, 1.54) is 0 Å². The van der Waals surface area contributed by atoms with E-state index in [4.69, 9.17) is 24.7 Å². The summed E-state index contributed by atoms with van der Waals surface area (Å²) in [4.78, 5) is 34.9. The number of benzene rings is 1. The molecule has 194 valence electrons. The average Bonchev–Trinajstić information content (AvgIpc) is 3.29. The Morgan fingerprint density at radius 1 is 1.16 bits per heavy atom. The maximum atomic E-state index is 12.6. The van der Waals surface area contributed by atoms with Gasteiger partial charge in [0.2, 0.25) is 11.8 Å². The van der Waals surface area contributed by atoms with E-state index in [1.807, 2.05) is 18.2 Å². The topological polar surface area (TPSA) is 126 Å². The summed E-state index contributed by atoms with van der Waals surface area (Å²) < 4.78 is 22.1. The number of carbonyl (C=O) groups excluding carboxylic acids is 2. The predicted octanol–water partition coefficient (Wildman–Crippen LogP) is 3.64. The molecule has 0 radical (unpaired) electrons. The molecular formula is C27H30N4O6. The number of amides is 2. The first-order valence-corrected chi connectivity index (χ1v) is 12.4. The number of hydrogen-bond acceptors (Lipinski definition) is 8. The molecule has 2 aliphatic heterocycles. The Morgan fingerprint density at radius 2 is 2.00 bits per heavy atom. The first-order valence-electron chi connectivity index (χ1n) is 12.4. The van der Waals surface area contributed by atoms with Crippen LogP contribution in [0.2, 0.25) is 0 Å². The SMILES string of the molecule is COc1ccc2nccc(CC[C@@H](CC[C@@H]3CN(c4ccc5c(c4)OCCO5)C(=O)O3)CC(N)=O)c2n1. The molecular weight excluding hydrogens is 476 g/mol. The molecule has 1 saturated heterocycles. The van der Waals surface area contributed by atoms with Crippen molar-refractivity contribution in [2.45, 2.75) is 38.2 Å². The van der Waals surface area contributed by atoms with E-state index in [0.29, 0.717) is 62.1 Å². The third-order valence-electron chi connectivity index (χ3n) is 6.77. The van der Waals surface area contributed by atoms with Gasteiger partial charge in [0.1, 0.15) is 19.3 Å². The van der Waals surface area contributed by atoms with E-state index in [-0.39, 0.29) is 24.3 Å². The monoisotopic (exact) mass is 506 g/mol. The van der Waals surface area contributed by atoms with E-state index < -0.39 is 6.09 Å². The fraction of sp³-hybridized carbons (Fsp3) is 0.407. The Morgan fingerprint density at radius 3 is 2.81 bits per heavy atom. The minimum absolute atomic E-state index is 0.0494. The van der Waals surface area contributed by atoms with Crippen molar-refractivity contribution in [1.82, 2.24) is 9.97 Å². The van der Waals surface area contributed by atoms with Crippen LogP contribution in [-0.2, 0) is 16.0 Å². The summed E-state index contributed by atoms with van der Waals surface area (Å²) in [5.74, 6) is 1.53. The molecule has 37 heavy (non-hydrogen) atoms. The highest BCUT2D eigenvalue weighted by Gasteiger charge is 2.33. The number of aryl methyl sites for hydroxylation is 1. The van der Waals surface area contributed by atoms with Gasteiger partial charge in [0.15, 0.2) is 11.5 Å². The summed E-state index contributed by atoms with van der Waals surface area (Å²) >= 11 is 0. The van der Waals surface area contributed by atoms with Gasteiger partial charge in [-0.3, -0.25) is 14.7 Å². The maximum absolute atomic E-state index is 12.6. The lowest BCUT2D eigenvalue weighted by Crippen LogP contribution is -2.25. The zero-order valence-electron chi connectivity index (χ0n) is 20.7. The average molecular weight is 507 g/mol. The first-order chi connectivity index (χ1) is 18.0. The molecule has 2 aromatic heterocycles. The predicted molar refractivity (Wildman–Crippen MR) is 136 cm³/mol. The van der Waals surface area contributed by atoms with Gasteiger partial charge in [-0.25, -0.2) is 9.78 Å². The zero-order chi connectivity index (χ0) is 25.8. The number of pyridine rings is 2. The Hall–Kier alpha value is -4.08. The van der Waals surface area contributed by atoms with Crippen molar-refractivity contribution >= 4 is 28.7 Å². The van der Waals surface area contributed by atoms with Gasteiger partial charge in [0.25, 0.3) is 0 Å². The third kappa shape index (κ3) is 5.68. The van der Waals surface area contributed by atoms with Crippen LogP contribution in [0.3, 0.4) is 0 Å². The molecule has 2 amide bonds. The van der Waals surface area contributed by atoms with Gasteiger partial charge >= 0.3 is 6.09 Å². The highest BCUT2D eigenvalue weighted by atomic mass is 16.6. The molecule has 5 rings (SSSR count). The summed E-state index contributed by atoms with van der Waals surface area (Å²) in [6.07, 6.45) is 4.16. The number of methoxy groups -OCH3 is 1. The smallest absolute Gasteiger partial charge is 0.414 e. The normalized spacial score (nSPS) is 17.5. The van der Waals surface area contributed by atoms with Crippen LogP contribution in [-0.4, -0.2) is 54.9 Å². The van der Waals surface area contributed by atoms with Crippen molar-refractivity contribution in [2.24, 2.45) is 11.7 Å². The fourth-order valence-electron chi connectivity index (χ4n) is 4.87. The minimum atomic E-state index is -0.392. The number of rotatable bonds is 10. The second-order valence-electron chi connectivity index (χ2n) is 9.29. The highest BCUT2D eigenvalue weighted by molar-refractivity contribution is 5.90. The maximum Gasteiger partial charge on any atom is 0.414 e. The molecule has 0 saturated carbocycles. The second-order valence-corrected chi connectivity index (χ2v) is 9.29. The molecule has 4 heterocycles. The number of aromatic nitrogens is 2. The fourth-order valence-corrected chi connectivity index (χ4v) is 4.87. The van der Waals surface area contributed by atoms with Crippen molar-refractivity contribution in [3.8, 4) is 17.4 Å². The second kappa shape index (κ2) is 10.9. The van der Waals surface area contributed by atoms with E-state index in [1.54, 1.807) is 36.4 Å². The minimum Gasteiger partial charge on any atom is -0.486 e. The Kier molecular flexibility index (Phi) is 7.25. The standard InChI is InChI=1S/C27H30N4O6/c1-34-25-9-7-21-26(30-25)18(10-11-29-21)4-2-17(14-24(28)32)3-6-20-16-31(27(33)37-20)19-5-8-22-23(15-19)36-13-12-35-22/h5,7-11,15,17,20H,2-4,6,12-14,16H2,1H3,(H2,28,32)/t17-,20+/m0/s1. The van der Waals surface area contributed by atoms with Crippen LogP contribution in [0.15, 0.2) is 42.6 Å². The molecule has 0 bridgehead atoms. The largest absolute Gasteiger partial charge is 0.486 e. The lowest BCUT2D eigenvalue weighted by molar-refractivity contribution is -0.119. The molecule has 1 fully saturated rings. The van der Waals surface area contributed by atoms with Crippen molar-refractivity contribution < 1.29 is 28.5 Å². The van der Waals surface area contributed by atoms with Gasteiger partial charge in [-0.15, -0.1) is 0 Å². The molecule has 2 N–H and O–H groups in total. The lowest BCUT2D eigenvalue weighted by Gasteiger charge is -2.21. The van der Waals surface area contributed by atoms with Crippen molar-refractivity contribution in [3.63, 3.8) is 0 Å². The van der Waals surface area contributed by atoms with Crippen molar-refractivity contribution in [2.75, 3.05) is 31.8 Å². The Bertz CT molecular complexity index is 1300. The summed E-state index contributed by atoms with van der Waals surface area (Å²) in [7, 11) is 1.58. The molecule has 2 atom stereocenters. The Labute approximate surface area is 214 Å². The molecule has 3 aromatic rings. The number of nitrogens with two attached hydrogens (primary N) is 1. The van der Waals surface area contributed by atoms with Gasteiger partial charge in [-0.1, -0.05) is 0 Å². The van der Waals surface area contributed by atoms with Gasteiger partial charge in [0, 0.05) is 24.8 Å². The van der Waals surface area contributed by atoms with E-state index in [0.717, 1.165) is 23.0 Å². The molecule has 0 spiro atoms. The number of nitrogens with zero attached hydrogens (tertiary/aromatic N) is 3. The summed E-state index contributed by atoms with van der Waals surface area (Å²) in [5.41, 5.74) is 8.89. The third-order valence-corrected chi connectivity index (χ3v) is 6.77. The van der Waals surface area contributed by atoms with E-state index in [9.17, 15) is 9.59 Å². The molecule has 10 heteroatoms. The van der Waals surface area contributed by atoms with Crippen LogP contribution in [0.5, 0.6) is 17.4 Å². The zero-order valence-corrected chi connectivity index (χ0v) is 20.7. The number of ether oxygens (including phenoxy) is 4. The lowest BCUT2D eigenvalue weighted by atomic mass is 9.90. The van der Waals surface area contributed by atoms with Gasteiger partial charge in [-0.2, -0.15) is 0 Å². The molecule has 10 nitrogen and oxygen atoms in total. The number of anilines is 1. The summed E-state index contributed by atoms with van der Waals surface area (Å²) in [5, 5.41) is 0. The van der Waals surface area contributed by atoms with Gasteiger partial charge < -0.3 is 24.7 Å². The summed E-state index contributed by atoms with van der Waals surface area (Å²) in [6.45, 7) is 1.42. The molecule has 1 aromatic carbocycles. The van der Waals surface area contributed by atoms with Gasteiger partial charge in [-0.05, 0) is 61.4 Å². The van der Waals surface area contributed by atoms with Crippen molar-refractivity contribution in [3.05, 3.63) is 48.2 Å². The van der Waals surface area contributed by atoms with Gasteiger partial charge in [0.05, 0.1) is 30.4 Å². The number of carbonyl (C=O) groups is 2. The van der Waals surface area contributed by atoms with Crippen LogP contribution in [0, 0.1) is 5.92 Å². The molecule has 0 unspecified atom stereocenters.